The Hall–Kier alpha value is -7.31. The van der Waals surface area contributed by atoms with Gasteiger partial charge in [0.2, 0.25) is 0 Å². The standard InChI is InChI=1S/C49H32BN5/c1-5-19-33(20-6-1)47-51-48(34-21-7-2-8-22-34)53-49(52-47)50-43-39-29-15-17-31-41(39)54(35-23-9-3-10-24-35)45(43)37-27-13-14-28-38(37)46-44(50)40-30-16-18-32-42(40)55(46)36-25-11-4-12-26-36/h1-32H. The highest BCUT2D eigenvalue weighted by Gasteiger charge is 2.42. The van der Waals surface area contributed by atoms with Gasteiger partial charge >= 0.3 is 0 Å². The van der Waals surface area contributed by atoms with Crippen molar-refractivity contribution in [1.29, 1.82) is 0 Å². The van der Waals surface area contributed by atoms with E-state index in [2.05, 4.69) is 167 Å². The lowest BCUT2D eigenvalue weighted by atomic mass is 9.38. The molecule has 0 radical (unpaired) electrons. The zero-order valence-corrected chi connectivity index (χ0v) is 29.8. The Kier molecular flexibility index (Phi) is 7.20. The number of hydrogen-bond acceptors (Lipinski definition) is 3. The largest absolute Gasteiger partial charge is 0.310 e. The molecule has 0 spiro atoms. The second kappa shape index (κ2) is 12.7. The summed E-state index contributed by atoms with van der Waals surface area (Å²) in [7, 11) is 0. The van der Waals surface area contributed by atoms with Crippen molar-refractivity contribution >= 4 is 45.2 Å². The molecular weight excluding hydrogens is 669 g/mol. The predicted molar refractivity (Wildman–Crippen MR) is 226 cm³/mol. The lowest BCUT2D eigenvalue weighted by molar-refractivity contribution is 1.10. The van der Waals surface area contributed by atoms with Gasteiger partial charge in [-0.2, -0.15) is 0 Å². The van der Waals surface area contributed by atoms with E-state index < -0.39 is 0 Å². The van der Waals surface area contributed by atoms with E-state index >= 15 is 0 Å². The Balaban J connectivity index is 1.36. The fourth-order valence-corrected chi connectivity index (χ4v) is 8.59. The van der Waals surface area contributed by atoms with Crippen LogP contribution in [0.1, 0.15) is 0 Å². The van der Waals surface area contributed by atoms with Crippen LogP contribution in [-0.2, 0) is 0 Å². The third kappa shape index (κ3) is 4.92. The van der Waals surface area contributed by atoms with Gasteiger partial charge in [0.15, 0.2) is 11.6 Å². The quantitative estimate of drug-likeness (QED) is 0.168. The Bertz CT molecular complexity index is 2820. The number of nitrogens with zero attached hydrogens (tertiary/aromatic N) is 5. The van der Waals surface area contributed by atoms with Crippen LogP contribution in [0.5, 0.6) is 0 Å². The Morgan fingerprint density at radius 3 is 1.15 bits per heavy atom. The first-order valence-corrected chi connectivity index (χ1v) is 18.7. The molecule has 0 fully saturated rings. The van der Waals surface area contributed by atoms with E-state index in [1.165, 1.54) is 10.9 Å². The second-order valence-corrected chi connectivity index (χ2v) is 14.0. The van der Waals surface area contributed by atoms with E-state index in [1.807, 2.05) is 36.4 Å². The van der Waals surface area contributed by atoms with Gasteiger partial charge in [0.25, 0.3) is 6.71 Å². The predicted octanol–water partition coefficient (Wildman–Crippen LogP) is 9.26. The van der Waals surface area contributed by atoms with Gasteiger partial charge in [-0.25, -0.2) is 15.0 Å². The summed E-state index contributed by atoms with van der Waals surface area (Å²) in [6.07, 6.45) is 0. The van der Waals surface area contributed by atoms with Gasteiger partial charge in [-0.05, 0) is 58.1 Å². The van der Waals surface area contributed by atoms with Gasteiger partial charge in [-0.3, -0.25) is 0 Å². The van der Waals surface area contributed by atoms with Gasteiger partial charge in [-0.1, -0.05) is 158 Å². The Labute approximate surface area is 319 Å². The fraction of sp³-hybridized carbons (Fsp3) is 0. The van der Waals surface area contributed by atoms with Crippen LogP contribution >= 0.6 is 0 Å². The van der Waals surface area contributed by atoms with Crippen molar-refractivity contribution in [2.75, 3.05) is 0 Å². The molecule has 0 N–H and O–H groups in total. The summed E-state index contributed by atoms with van der Waals surface area (Å²) < 4.78 is 4.88. The molecule has 10 aromatic rings. The summed E-state index contributed by atoms with van der Waals surface area (Å²) in [5.74, 6) is 1.29. The molecule has 0 saturated carbocycles. The number of benzene rings is 7. The highest BCUT2D eigenvalue weighted by atomic mass is 15.0. The molecule has 0 bridgehead atoms. The van der Waals surface area contributed by atoms with Crippen molar-refractivity contribution < 1.29 is 0 Å². The number of hydrogen-bond donors (Lipinski definition) is 0. The average molecular weight is 702 g/mol. The van der Waals surface area contributed by atoms with Crippen LogP contribution in [0.2, 0.25) is 0 Å². The van der Waals surface area contributed by atoms with Crippen molar-refractivity contribution in [3.63, 3.8) is 0 Å². The zero-order chi connectivity index (χ0) is 36.3. The lowest BCUT2D eigenvalue weighted by Gasteiger charge is -2.17. The molecule has 55 heavy (non-hydrogen) atoms. The molecule has 0 saturated heterocycles. The van der Waals surface area contributed by atoms with E-state index in [9.17, 15) is 0 Å². The monoisotopic (exact) mass is 701 g/mol. The minimum atomic E-state index is -0.380. The SMILES string of the molecule is c1ccc(-c2nc(B3c4c(n(-c5ccccc5)c5ccccc45)-c4ccccc4-c4c3c3ccccc3n4-c3ccccc3)nc(-c3ccccc3)n2)cc1. The average Bonchev–Trinajstić information content (AvgIpc) is 3.75. The minimum absolute atomic E-state index is 0.380. The first-order chi connectivity index (χ1) is 27.3. The molecule has 11 rings (SSSR count). The zero-order valence-electron chi connectivity index (χ0n) is 29.8. The summed E-state index contributed by atoms with van der Waals surface area (Å²) in [6.45, 7) is -0.380. The van der Waals surface area contributed by atoms with E-state index in [0.29, 0.717) is 17.4 Å². The van der Waals surface area contributed by atoms with Crippen LogP contribution in [0.4, 0.5) is 0 Å². The molecule has 7 aromatic carbocycles. The van der Waals surface area contributed by atoms with Crippen molar-refractivity contribution in [2.24, 2.45) is 0 Å². The van der Waals surface area contributed by atoms with E-state index in [1.54, 1.807) is 0 Å². The van der Waals surface area contributed by atoms with Crippen LogP contribution < -0.4 is 16.6 Å². The van der Waals surface area contributed by atoms with Gasteiger partial charge in [0, 0.05) is 33.6 Å². The summed E-state index contributed by atoms with van der Waals surface area (Å²) in [5, 5.41) is 2.32. The van der Waals surface area contributed by atoms with E-state index in [-0.39, 0.29) is 6.71 Å². The Morgan fingerprint density at radius 2 is 0.709 bits per heavy atom. The molecular formula is C49H32BN5. The third-order valence-corrected chi connectivity index (χ3v) is 10.8. The van der Waals surface area contributed by atoms with E-state index in [0.717, 1.165) is 66.8 Å². The molecule has 0 unspecified atom stereocenters. The highest BCUT2D eigenvalue weighted by molar-refractivity contribution is 6.99. The molecule has 1 aliphatic rings. The first-order valence-electron chi connectivity index (χ1n) is 18.7. The topological polar surface area (TPSA) is 48.5 Å². The molecule has 1 aliphatic heterocycles. The molecule has 4 heterocycles. The first kappa shape index (κ1) is 31.2. The number of rotatable bonds is 5. The van der Waals surface area contributed by atoms with Crippen LogP contribution in [0, 0.1) is 0 Å². The van der Waals surface area contributed by atoms with E-state index in [4.69, 9.17) is 15.0 Å². The molecule has 256 valence electrons. The second-order valence-electron chi connectivity index (χ2n) is 14.0. The minimum Gasteiger partial charge on any atom is -0.310 e. The number of fused-ring (bicyclic) bond motifs is 9. The maximum Gasteiger partial charge on any atom is 0.296 e. The van der Waals surface area contributed by atoms with Crippen molar-refractivity contribution in [2.45, 2.75) is 0 Å². The van der Waals surface area contributed by atoms with Crippen molar-refractivity contribution in [1.82, 2.24) is 24.1 Å². The maximum absolute atomic E-state index is 5.49. The normalized spacial score (nSPS) is 12.0. The van der Waals surface area contributed by atoms with Gasteiger partial charge < -0.3 is 9.13 Å². The van der Waals surface area contributed by atoms with Gasteiger partial charge in [-0.15, -0.1) is 0 Å². The molecule has 0 atom stereocenters. The number of para-hydroxylation sites is 4. The molecule has 3 aromatic heterocycles. The van der Waals surface area contributed by atoms with Crippen LogP contribution in [0.25, 0.3) is 78.5 Å². The lowest BCUT2D eigenvalue weighted by Crippen LogP contribution is -2.55. The van der Waals surface area contributed by atoms with Crippen molar-refractivity contribution in [3.8, 4) is 56.7 Å². The molecule has 0 amide bonds. The number of aromatic nitrogens is 5. The van der Waals surface area contributed by atoms with Gasteiger partial charge in [0.05, 0.1) is 22.4 Å². The van der Waals surface area contributed by atoms with Crippen LogP contribution in [0.15, 0.2) is 194 Å². The summed E-state index contributed by atoms with van der Waals surface area (Å²) in [4.78, 5) is 16.1. The van der Waals surface area contributed by atoms with Crippen LogP contribution in [-0.4, -0.2) is 30.8 Å². The van der Waals surface area contributed by atoms with Crippen molar-refractivity contribution in [3.05, 3.63) is 194 Å². The summed E-state index contributed by atoms with van der Waals surface area (Å²) in [5.41, 5.74) is 14.0. The van der Waals surface area contributed by atoms with Gasteiger partial charge in [0.1, 0.15) is 5.72 Å². The third-order valence-electron chi connectivity index (χ3n) is 10.8. The summed E-state index contributed by atoms with van der Waals surface area (Å²) >= 11 is 0. The molecule has 6 heteroatoms. The van der Waals surface area contributed by atoms with Crippen LogP contribution in [0.3, 0.4) is 0 Å². The summed E-state index contributed by atoms with van der Waals surface area (Å²) in [6, 6.07) is 68.5. The molecule has 0 aliphatic carbocycles. The molecule has 5 nitrogen and oxygen atoms in total. The smallest absolute Gasteiger partial charge is 0.296 e. The Morgan fingerprint density at radius 1 is 0.345 bits per heavy atom. The maximum atomic E-state index is 5.49. The highest BCUT2D eigenvalue weighted by Crippen LogP contribution is 2.42. The fourth-order valence-electron chi connectivity index (χ4n) is 8.59.